The van der Waals surface area contributed by atoms with E-state index < -0.39 is 322 Å². The van der Waals surface area contributed by atoms with E-state index in [9.17, 15) is 132 Å². The summed E-state index contributed by atoms with van der Waals surface area (Å²) in [5, 5.41) is 268. The van der Waals surface area contributed by atoms with Crippen molar-refractivity contribution in [2.45, 2.75) is 246 Å². The zero-order valence-corrected chi connectivity index (χ0v) is 51.6. The number of aliphatic hydroxyl groups excluding tert-OH is 23. The second-order valence-electron chi connectivity index (χ2n) is 24.7. The predicted octanol–water partition coefficient (Wildman–Crippen LogP) is -15.8. The molecule has 43 nitrogen and oxygen atoms in total. The van der Waals surface area contributed by atoms with Crippen LogP contribution in [0.25, 0.3) is 0 Å². The fourth-order valence-electron chi connectivity index (χ4n) is 13.0. The molecular weight excluding hydrogens is 1360 g/mol. The van der Waals surface area contributed by atoms with Crippen LogP contribution in [0.2, 0.25) is 0 Å². The SMILES string of the molecule is O=C(O)c1ccccc1C(=O)OC[C@H]1O[C@@H]2O[C@H]3[C@H](O)[C@@H](O)[C@@H](O[C@H]4[C@H](O)[C@@H](O)[C@@H](O[C@H]5[C@H](O)[C@@H](O)[C@@H](O[C@H]6[C@H](O)[C@@H](O)[C@@H](O[C@H]7[C@@H](O)[C@H](O)[C@@H](O[C@H]8[C@H](O)[C@@H](O)[C@@H](O[C@H]9[C@@H](O)[C@@H](O)[C@@H](O[C@H]1[C@H](O)[C@H]2O)O[C@@H]9CO)O[C@@H]8CO)O[C@@H]7CO)O[C@@H]6CO)O[C@@H]5CO)O[C@@H]4CO)O[C@@H]3CO. The number of aliphatic hydroxyl groups is 23. The van der Waals surface area contributed by atoms with Crippen molar-refractivity contribution in [3.05, 3.63) is 35.4 Å². The van der Waals surface area contributed by atoms with E-state index in [1.807, 2.05) is 0 Å². The summed E-state index contributed by atoms with van der Waals surface area (Å²) in [6, 6.07) is 4.68. The van der Waals surface area contributed by atoms with Gasteiger partial charge in [-0.1, -0.05) is 12.1 Å². The Morgan fingerprint density at radius 1 is 0.263 bits per heavy atom. The molecule has 43 heteroatoms. The Bertz CT molecular complexity index is 2730. The molecule has 30 fully saturated rings. The molecule has 24 N–H and O–H groups in total. The molecule has 31 rings (SSSR count). The summed E-state index contributed by atoms with van der Waals surface area (Å²) >= 11 is 0. The number of hydrogen-bond acceptors (Lipinski definition) is 42. The lowest BCUT2D eigenvalue weighted by Crippen LogP contribution is -2.69. The van der Waals surface area contributed by atoms with Crippen molar-refractivity contribution in [2.24, 2.45) is 0 Å². The molecule has 0 radical (unpaired) electrons. The summed E-state index contributed by atoms with van der Waals surface area (Å²) in [5.74, 6) is -2.91. The van der Waals surface area contributed by atoms with Crippen LogP contribution in [0, 0.1) is 0 Å². The van der Waals surface area contributed by atoms with Crippen molar-refractivity contribution >= 4 is 11.9 Å². The molecule has 0 aliphatic carbocycles. The first-order valence-electron chi connectivity index (χ1n) is 31.3. The number of hydrogen-bond donors (Lipinski definition) is 24. The second-order valence-corrected chi connectivity index (χ2v) is 24.7. The van der Waals surface area contributed by atoms with Crippen LogP contribution in [0.5, 0.6) is 0 Å². The molecule has 30 aliphatic heterocycles. The molecule has 566 valence electrons. The lowest BCUT2D eigenvalue weighted by atomic mass is 9.94. The van der Waals surface area contributed by atoms with E-state index in [1.165, 1.54) is 12.1 Å². The smallest absolute Gasteiger partial charge is 0.339 e. The number of esters is 1. The number of carboxylic acids is 1. The fraction of sp³-hybridized carbons (Fsp3) is 0.857. The van der Waals surface area contributed by atoms with E-state index in [-0.39, 0.29) is 0 Å². The van der Waals surface area contributed by atoms with Gasteiger partial charge in [0.2, 0.25) is 0 Å². The number of ether oxygens (including phenoxy) is 17. The topological polar surface area (TPSA) is 677 Å². The van der Waals surface area contributed by atoms with Gasteiger partial charge in [0.1, 0.15) is 202 Å². The minimum Gasteiger partial charge on any atom is -0.478 e. The Morgan fingerprint density at radius 3 is 0.616 bits per heavy atom. The average molecular weight is 1450 g/mol. The van der Waals surface area contributed by atoms with Crippen LogP contribution in [-0.4, -0.2) is 433 Å². The van der Waals surface area contributed by atoms with Gasteiger partial charge in [0, 0.05) is 0 Å². The van der Waals surface area contributed by atoms with Crippen molar-refractivity contribution < 1.29 is 213 Å². The maximum Gasteiger partial charge on any atom is 0.339 e. The Kier molecular flexibility index (Phi) is 26.4. The molecule has 1 aromatic carbocycles. The molecule has 0 spiro atoms. The van der Waals surface area contributed by atoms with Crippen molar-refractivity contribution in [2.75, 3.05) is 52.9 Å². The van der Waals surface area contributed by atoms with Gasteiger partial charge in [-0.05, 0) is 12.1 Å². The highest BCUT2D eigenvalue weighted by Crippen LogP contribution is 2.40. The highest BCUT2D eigenvalue weighted by Gasteiger charge is 2.60. The maximum atomic E-state index is 13.5. The first kappa shape index (κ1) is 78.2. The standard InChI is InChI=1S/C56H84O43/c57-5-15-39-23(64)31(72)49(84-15)93-40-16(6-58)86-51(33(74)25(40)66)95-42-18(8-60)88-53(35(76)27(42)68)97-44-20(10-62)90-55(37(78)29(44)70)99-46-22(12-83-48(82)14-4-2-1-3-13(14)47(80)81)91-56(38(79)30(46)71)98-45-21(11-63)89-54(36(77)28(45)69)96-43-19(9-61)87-52(34(75)26(43)67)94-41-17(7-59)85-50(92-39)32(73)24(41)65/h1-4,15-46,49-79H,5-12H2,(H,80,81)/t15-,16-,17-,18-,19-,20-,21-,22-,23-,24-,25+,26-,27-,28-,29+,30-,31-,32-,33+,34-,35-,36-,37-,38-,39-,40-,41-,42-,43-,44-,45-,46-,49-,50-,51-,52-,53-,54-,55-,56-/m1/s1. The monoisotopic (exact) mass is 1440 g/mol. The lowest BCUT2D eigenvalue weighted by molar-refractivity contribution is -0.404. The number of carbonyl (C=O) groups is 2. The van der Waals surface area contributed by atoms with Gasteiger partial charge in [-0.25, -0.2) is 9.59 Å². The van der Waals surface area contributed by atoms with Gasteiger partial charge in [-0.15, -0.1) is 0 Å². The van der Waals surface area contributed by atoms with E-state index in [2.05, 4.69) is 0 Å². The Hall–Kier alpha value is -3.40. The quantitative estimate of drug-likeness (QED) is 0.0915. The number of carbonyl (C=O) groups excluding carboxylic acids is 1. The van der Waals surface area contributed by atoms with Crippen LogP contribution < -0.4 is 0 Å². The van der Waals surface area contributed by atoms with Gasteiger partial charge in [-0.3, -0.25) is 0 Å². The molecule has 30 saturated heterocycles. The van der Waals surface area contributed by atoms with E-state index in [1.54, 1.807) is 0 Å². The third-order valence-corrected chi connectivity index (χ3v) is 18.5. The maximum absolute atomic E-state index is 13.5. The van der Waals surface area contributed by atoms with Gasteiger partial charge in [0.15, 0.2) is 50.3 Å². The normalized spacial score (nSPS) is 50.4. The Morgan fingerprint density at radius 2 is 0.434 bits per heavy atom. The molecule has 30 heterocycles. The minimum absolute atomic E-state index is 0.522. The molecule has 30 aliphatic rings. The molecule has 0 aromatic heterocycles. The van der Waals surface area contributed by atoms with Gasteiger partial charge >= 0.3 is 11.9 Å². The third kappa shape index (κ3) is 15.8. The molecule has 0 amide bonds. The minimum atomic E-state index is -2.40. The van der Waals surface area contributed by atoms with Crippen LogP contribution in [0.4, 0.5) is 0 Å². The van der Waals surface area contributed by atoms with Crippen molar-refractivity contribution in [1.82, 2.24) is 0 Å². The number of carboxylic acid groups (broad SMARTS) is 1. The van der Waals surface area contributed by atoms with Crippen LogP contribution in [0.1, 0.15) is 20.7 Å². The summed E-state index contributed by atoms with van der Waals surface area (Å²) in [7, 11) is 0. The van der Waals surface area contributed by atoms with Gasteiger partial charge in [-0.2, -0.15) is 0 Å². The summed E-state index contributed by atoms with van der Waals surface area (Å²) in [6.45, 7) is -8.99. The van der Waals surface area contributed by atoms with E-state index >= 15 is 0 Å². The summed E-state index contributed by atoms with van der Waals surface area (Å²) < 4.78 is 97.5. The third-order valence-electron chi connectivity index (χ3n) is 18.5. The van der Waals surface area contributed by atoms with Crippen LogP contribution in [-0.2, 0) is 80.5 Å². The van der Waals surface area contributed by atoms with Gasteiger partial charge < -0.3 is 203 Å². The van der Waals surface area contributed by atoms with Crippen LogP contribution in [0.3, 0.4) is 0 Å². The summed E-state index contributed by atoms with van der Waals surface area (Å²) in [5.41, 5.74) is -1.07. The highest BCUT2D eigenvalue weighted by molar-refractivity contribution is 6.02. The Balaban J connectivity index is 0.937. The average Bonchev–Trinajstić information content (AvgIpc) is 0.777. The zero-order chi connectivity index (χ0) is 71.9. The second kappa shape index (κ2) is 33.4. The molecule has 1 aromatic rings. The number of aromatic carboxylic acids is 1. The number of rotatable bonds is 11. The molecule has 99 heavy (non-hydrogen) atoms. The van der Waals surface area contributed by atoms with Crippen molar-refractivity contribution in [3.8, 4) is 0 Å². The molecule has 0 unspecified atom stereocenters. The predicted molar refractivity (Wildman–Crippen MR) is 298 cm³/mol. The first-order valence-corrected chi connectivity index (χ1v) is 31.3. The van der Waals surface area contributed by atoms with E-state index in [0.29, 0.717) is 0 Å². The van der Waals surface area contributed by atoms with Crippen molar-refractivity contribution in [3.63, 3.8) is 0 Å². The molecule has 16 bridgehead atoms. The zero-order valence-electron chi connectivity index (χ0n) is 51.6. The lowest BCUT2D eigenvalue weighted by Gasteiger charge is -2.50. The van der Waals surface area contributed by atoms with Gasteiger partial charge in [0.05, 0.1) is 57.4 Å². The Labute approximate surface area is 557 Å². The molecule has 0 saturated carbocycles. The first-order chi connectivity index (χ1) is 47.1. The largest absolute Gasteiger partial charge is 0.478 e. The molecular formula is C56H84O43. The van der Waals surface area contributed by atoms with Crippen molar-refractivity contribution in [1.29, 1.82) is 0 Å². The van der Waals surface area contributed by atoms with E-state index in [0.717, 1.165) is 12.1 Å². The van der Waals surface area contributed by atoms with Crippen LogP contribution in [0.15, 0.2) is 24.3 Å². The number of benzene rings is 1. The summed E-state index contributed by atoms with van der Waals surface area (Å²) in [6.07, 6.45) is -85.1. The molecule has 40 atom stereocenters. The highest BCUT2D eigenvalue weighted by atomic mass is 16.8. The summed E-state index contributed by atoms with van der Waals surface area (Å²) in [4.78, 5) is 25.6. The van der Waals surface area contributed by atoms with Gasteiger partial charge in [0.25, 0.3) is 0 Å². The fourth-order valence-corrected chi connectivity index (χ4v) is 13.0. The van der Waals surface area contributed by atoms with Crippen LogP contribution >= 0.6 is 0 Å². The van der Waals surface area contributed by atoms with E-state index in [4.69, 9.17) is 80.5 Å².